The standard InChI is InChI=1S/C17H19NO3/c1-11-8-15(9-12(2)16(11)21-3)18-10-13-4-6-14(7-5-13)17(19)20/h4-9,18H,10H2,1-3H3,(H,19,20). The first kappa shape index (κ1) is 14.9. The number of aryl methyl sites for hydroxylation is 2. The van der Waals surface area contributed by atoms with Crippen LogP contribution in [0.25, 0.3) is 0 Å². The molecule has 0 aliphatic heterocycles. The number of ether oxygens (including phenoxy) is 1. The monoisotopic (exact) mass is 285 g/mol. The summed E-state index contributed by atoms with van der Waals surface area (Å²) in [6, 6.07) is 10.9. The van der Waals surface area contributed by atoms with E-state index in [1.807, 2.05) is 38.1 Å². The Kier molecular flexibility index (Phi) is 4.48. The van der Waals surface area contributed by atoms with E-state index >= 15 is 0 Å². The van der Waals surface area contributed by atoms with E-state index in [9.17, 15) is 4.79 Å². The first-order chi connectivity index (χ1) is 10.0. The van der Waals surface area contributed by atoms with Crippen LogP contribution >= 0.6 is 0 Å². The normalized spacial score (nSPS) is 10.2. The van der Waals surface area contributed by atoms with Crippen LogP contribution in [0.4, 0.5) is 5.69 Å². The number of anilines is 1. The van der Waals surface area contributed by atoms with Crippen molar-refractivity contribution in [1.82, 2.24) is 0 Å². The molecule has 0 aliphatic rings. The SMILES string of the molecule is COc1c(C)cc(NCc2ccc(C(=O)O)cc2)cc1C. The smallest absolute Gasteiger partial charge is 0.335 e. The molecule has 0 unspecified atom stereocenters. The fourth-order valence-corrected chi connectivity index (χ4v) is 2.34. The molecule has 0 aromatic heterocycles. The zero-order valence-corrected chi connectivity index (χ0v) is 12.4. The minimum atomic E-state index is -0.907. The van der Waals surface area contributed by atoms with Gasteiger partial charge in [0.2, 0.25) is 0 Å². The van der Waals surface area contributed by atoms with Gasteiger partial charge < -0.3 is 15.2 Å². The van der Waals surface area contributed by atoms with E-state index < -0.39 is 5.97 Å². The lowest BCUT2D eigenvalue weighted by Crippen LogP contribution is -2.02. The van der Waals surface area contributed by atoms with Gasteiger partial charge in [0.25, 0.3) is 0 Å². The molecule has 2 rings (SSSR count). The summed E-state index contributed by atoms with van der Waals surface area (Å²) in [6.07, 6.45) is 0. The summed E-state index contributed by atoms with van der Waals surface area (Å²) in [5.41, 5.74) is 4.52. The molecule has 2 aromatic carbocycles. The molecule has 0 saturated carbocycles. The maximum absolute atomic E-state index is 10.8. The fourth-order valence-electron chi connectivity index (χ4n) is 2.34. The summed E-state index contributed by atoms with van der Waals surface area (Å²) in [4.78, 5) is 10.8. The van der Waals surface area contributed by atoms with Crippen molar-refractivity contribution in [2.75, 3.05) is 12.4 Å². The van der Waals surface area contributed by atoms with Gasteiger partial charge in [-0.2, -0.15) is 0 Å². The van der Waals surface area contributed by atoms with Gasteiger partial charge in [-0.1, -0.05) is 12.1 Å². The van der Waals surface area contributed by atoms with Gasteiger partial charge in [0.15, 0.2) is 0 Å². The molecule has 0 bridgehead atoms. The van der Waals surface area contributed by atoms with Crippen molar-refractivity contribution in [3.8, 4) is 5.75 Å². The second kappa shape index (κ2) is 6.31. The maximum atomic E-state index is 10.8. The Balaban J connectivity index is 2.07. The van der Waals surface area contributed by atoms with E-state index in [4.69, 9.17) is 9.84 Å². The minimum absolute atomic E-state index is 0.301. The maximum Gasteiger partial charge on any atom is 0.335 e. The molecule has 0 saturated heterocycles. The highest BCUT2D eigenvalue weighted by molar-refractivity contribution is 5.87. The number of methoxy groups -OCH3 is 1. The van der Waals surface area contributed by atoms with Crippen molar-refractivity contribution < 1.29 is 14.6 Å². The Labute approximate surface area is 124 Å². The summed E-state index contributed by atoms with van der Waals surface area (Å²) >= 11 is 0. The number of hydrogen-bond acceptors (Lipinski definition) is 3. The molecule has 4 heteroatoms. The zero-order chi connectivity index (χ0) is 15.4. The number of aromatic carboxylic acids is 1. The van der Waals surface area contributed by atoms with Gasteiger partial charge in [-0.05, 0) is 54.8 Å². The van der Waals surface area contributed by atoms with Crippen LogP contribution in [-0.4, -0.2) is 18.2 Å². The average Bonchev–Trinajstić information content (AvgIpc) is 2.45. The van der Waals surface area contributed by atoms with Crippen molar-refractivity contribution >= 4 is 11.7 Å². The first-order valence-corrected chi connectivity index (χ1v) is 6.72. The predicted octanol–water partition coefficient (Wildman–Crippen LogP) is 3.62. The van der Waals surface area contributed by atoms with E-state index in [1.54, 1.807) is 19.2 Å². The third-order valence-corrected chi connectivity index (χ3v) is 3.36. The van der Waals surface area contributed by atoms with E-state index in [0.29, 0.717) is 12.1 Å². The number of carbonyl (C=O) groups is 1. The molecular formula is C17H19NO3. The Hall–Kier alpha value is -2.49. The molecule has 0 aliphatic carbocycles. The molecule has 4 nitrogen and oxygen atoms in total. The largest absolute Gasteiger partial charge is 0.496 e. The van der Waals surface area contributed by atoms with Gasteiger partial charge >= 0.3 is 5.97 Å². The highest BCUT2D eigenvalue weighted by Crippen LogP contribution is 2.27. The molecule has 21 heavy (non-hydrogen) atoms. The zero-order valence-electron chi connectivity index (χ0n) is 12.4. The third kappa shape index (κ3) is 3.54. The molecule has 0 radical (unpaired) electrons. The van der Waals surface area contributed by atoms with E-state index in [-0.39, 0.29) is 0 Å². The molecule has 0 fully saturated rings. The van der Waals surface area contributed by atoms with Crippen molar-refractivity contribution in [3.05, 3.63) is 58.7 Å². The molecule has 0 spiro atoms. The Bertz CT molecular complexity index is 625. The van der Waals surface area contributed by atoms with Crippen molar-refractivity contribution in [2.24, 2.45) is 0 Å². The first-order valence-electron chi connectivity index (χ1n) is 6.72. The van der Waals surface area contributed by atoms with Gasteiger partial charge in [0.1, 0.15) is 5.75 Å². The molecule has 0 atom stereocenters. The Morgan fingerprint density at radius 1 is 1.14 bits per heavy atom. The predicted molar refractivity (Wildman–Crippen MR) is 83.2 cm³/mol. The fraction of sp³-hybridized carbons (Fsp3) is 0.235. The van der Waals surface area contributed by atoms with Gasteiger partial charge in [-0.3, -0.25) is 0 Å². The highest BCUT2D eigenvalue weighted by atomic mass is 16.5. The second-order valence-electron chi connectivity index (χ2n) is 5.00. The van der Waals surface area contributed by atoms with Gasteiger partial charge in [-0.15, -0.1) is 0 Å². The quantitative estimate of drug-likeness (QED) is 0.881. The second-order valence-corrected chi connectivity index (χ2v) is 5.00. The third-order valence-electron chi connectivity index (χ3n) is 3.36. The number of nitrogens with one attached hydrogen (secondary N) is 1. The highest BCUT2D eigenvalue weighted by Gasteiger charge is 2.05. The minimum Gasteiger partial charge on any atom is -0.496 e. The topological polar surface area (TPSA) is 58.6 Å². The van der Waals surface area contributed by atoms with E-state index in [0.717, 1.165) is 28.1 Å². The lowest BCUT2D eigenvalue weighted by atomic mass is 10.1. The van der Waals surface area contributed by atoms with Gasteiger partial charge in [0.05, 0.1) is 12.7 Å². The van der Waals surface area contributed by atoms with Crippen LogP contribution in [0.2, 0.25) is 0 Å². The number of rotatable bonds is 5. The van der Waals surface area contributed by atoms with Crippen molar-refractivity contribution in [3.63, 3.8) is 0 Å². The Morgan fingerprint density at radius 3 is 2.19 bits per heavy atom. The van der Waals surface area contributed by atoms with Crippen LogP contribution in [0.1, 0.15) is 27.0 Å². The summed E-state index contributed by atoms with van der Waals surface area (Å²) in [5, 5.41) is 12.2. The lowest BCUT2D eigenvalue weighted by Gasteiger charge is -2.13. The number of carboxylic acid groups (broad SMARTS) is 1. The molecular weight excluding hydrogens is 266 g/mol. The summed E-state index contributed by atoms with van der Waals surface area (Å²) in [6.45, 7) is 4.67. The van der Waals surface area contributed by atoms with Crippen LogP contribution in [-0.2, 0) is 6.54 Å². The lowest BCUT2D eigenvalue weighted by molar-refractivity contribution is 0.0697. The van der Waals surface area contributed by atoms with Crippen molar-refractivity contribution in [1.29, 1.82) is 0 Å². The van der Waals surface area contributed by atoms with E-state index in [2.05, 4.69) is 5.32 Å². The van der Waals surface area contributed by atoms with Gasteiger partial charge in [0, 0.05) is 12.2 Å². The molecule has 0 amide bonds. The van der Waals surface area contributed by atoms with Crippen LogP contribution < -0.4 is 10.1 Å². The number of hydrogen-bond donors (Lipinski definition) is 2. The van der Waals surface area contributed by atoms with Gasteiger partial charge in [-0.25, -0.2) is 4.79 Å². The molecule has 2 aromatic rings. The van der Waals surface area contributed by atoms with Crippen LogP contribution in [0.15, 0.2) is 36.4 Å². The summed E-state index contributed by atoms with van der Waals surface area (Å²) < 4.78 is 5.35. The van der Waals surface area contributed by atoms with Crippen LogP contribution in [0.5, 0.6) is 5.75 Å². The molecule has 0 heterocycles. The Morgan fingerprint density at radius 2 is 1.71 bits per heavy atom. The summed E-state index contributed by atoms with van der Waals surface area (Å²) in [7, 11) is 1.67. The van der Waals surface area contributed by atoms with Crippen LogP contribution in [0, 0.1) is 13.8 Å². The average molecular weight is 285 g/mol. The number of carboxylic acids is 1. The van der Waals surface area contributed by atoms with Crippen molar-refractivity contribution in [2.45, 2.75) is 20.4 Å². The molecule has 2 N–H and O–H groups in total. The van der Waals surface area contributed by atoms with Crippen LogP contribution in [0.3, 0.4) is 0 Å². The number of benzene rings is 2. The van der Waals surface area contributed by atoms with E-state index in [1.165, 1.54) is 0 Å². The molecule has 110 valence electrons. The summed E-state index contributed by atoms with van der Waals surface area (Å²) in [5.74, 6) is 0.00211.